The Morgan fingerprint density at radius 2 is 1.58 bits per heavy atom. The summed E-state index contributed by atoms with van der Waals surface area (Å²) in [4.78, 5) is 28.2. The predicted octanol–water partition coefficient (Wildman–Crippen LogP) is 5.18. The molecule has 0 fully saturated rings. The average molecular weight is 556 g/mol. The number of carbonyl (C=O) groups is 2. The molecule has 7 nitrogen and oxygen atoms in total. The molecular formula is C29H34ClN3O4S. The Labute approximate surface area is 230 Å². The fraction of sp³-hybridized carbons (Fsp3) is 0.310. The fourth-order valence-electron chi connectivity index (χ4n) is 3.87. The standard InChI is InChI=1S/C29H34ClN3O4S/c1-4-5-19-31-29(35)23(3)32(20-24-9-7-6-8-10-24)28(34)21-33(26-15-13-25(30)14-16-26)38(36,37)27-17-11-22(2)12-18-27/h6-18,23H,4-5,19-21H2,1-3H3,(H,31,35)/t23-/m1/s1. The van der Waals surface area contributed by atoms with Crippen molar-refractivity contribution < 1.29 is 18.0 Å². The molecule has 0 aliphatic rings. The number of anilines is 1. The first-order valence-corrected chi connectivity index (χ1v) is 14.4. The van der Waals surface area contributed by atoms with Gasteiger partial charge in [-0.1, -0.05) is 73.0 Å². The van der Waals surface area contributed by atoms with Gasteiger partial charge in [0.1, 0.15) is 12.6 Å². The molecular weight excluding hydrogens is 522 g/mol. The number of halogens is 1. The minimum atomic E-state index is -4.11. The zero-order valence-electron chi connectivity index (χ0n) is 21.9. The highest BCUT2D eigenvalue weighted by atomic mass is 35.5. The Bertz CT molecular complexity index is 1310. The minimum absolute atomic E-state index is 0.0609. The number of amides is 2. The van der Waals surface area contributed by atoms with E-state index in [1.807, 2.05) is 44.2 Å². The van der Waals surface area contributed by atoms with Crippen molar-refractivity contribution in [1.29, 1.82) is 0 Å². The molecule has 0 bridgehead atoms. The van der Waals surface area contributed by atoms with Gasteiger partial charge in [-0.2, -0.15) is 0 Å². The Balaban J connectivity index is 1.97. The molecule has 3 aromatic rings. The Kier molecular flexibility index (Phi) is 10.3. The van der Waals surface area contributed by atoms with Crippen molar-refractivity contribution in [2.45, 2.75) is 51.1 Å². The van der Waals surface area contributed by atoms with Crippen LogP contribution in [0.2, 0.25) is 5.02 Å². The highest BCUT2D eigenvalue weighted by Crippen LogP contribution is 2.26. The summed E-state index contributed by atoms with van der Waals surface area (Å²) in [5.74, 6) is -0.792. The van der Waals surface area contributed by atoms with Crippen molar-refractivity contribution in [3.8, 4) is 0 Å². The summed E-state index contributed by atoms with van der Waals surface area (Å²) in [5, 5.41) is 3.32. The molecule has 0 radical (unpaired) electrons. The highest BCUT2D eigenvalue weighted by Gasteiger charge is 2.32. The monoisotopic (exact) mass is 555 g/mol. The second-order valence-electron chi connectivity index (χ2n) is 9.13. The number of carbonyl (C=O) groups excluding carboxylic acids is 2. The Morgan fingerprint density at radius 1 is 0.947 bits per heavy atom. The molecule has 9 heteroatoms. The van der Waals surface area contributed by atoms with Crippen LogP contribution in [-0.4, -0.2) is 44.3 Å². The van der Waals surface area contributed by atoms with Gasteiger partial charge in [-0.05, 0) is 62.2 Å². The lowest BCUT2D eigenvalue weighted by atomic mass is 10.1. The molecule has 0 saturated heterocycles. The van der Waals surface area contributed by atoms with E-state index in [9.17, 15) is 18.0 Å². The lowest BCUT2D eigenvalue weighted by Gasteiger charge is -2.32. The van der Waals surface area contributed by atoms with Crippen LogP contribution in [0.3, 0.4) is 0 Å². The summed E-state index contributed by atoms with van der Waals surface area (Å²) in [5.41, 5.74) is 2.03. The van der Waals surface area contributed by atoms with Gasteiger partial charge in [0.15, 0.2) is 0 Å². The van der Waals surface area contributed by atoms with Crippen molar-refractivity contribution >= 4 is 39.1 Å². The lowest BCUT2D eigenvalue weighted by Crippen LogP contribution is -2.51. The number of nitrogens with zero attached hydrogens (tertiary/aromatic N) is 2. The topological polar surface area (TPSA) is 86.8 Å². The predicted molar refractivity (Wildman–Crippen MR) is 152 cm³/mol. The zero-order chi connectivity index (χ0) is 27.7. The van der Waals surface area contributed by atoms with Crippen LogP contribution in [0.5, 0.6) is 0 Å². The number of rotatable bonds is 12. The van der Waals surface area contributed by atoms with Gasteiger partial charge in [0.2, 0.25) is 11.8 Å². The molecule has 0 aliphatic carbocycles. The number of hydrogen-bond donors (Lipinski definition) is 1. The molecule has 0 heterocycles. The average Bonchev–Trinajstić information content (AvgIpc) is 2.91. The lowest BCUT2D eigenvalue weighted by molar-refractivity contribution is -0.139. The van der Waals surface area contributed by atoms with Crippen molar-refractivity contribution in [3.63, 3.8) is 0 Å². The molecule has 0 saturated carbocycles. The zero-order valence-corrected chi connectivity index (χ0v) is 23.5. The van der Waals surface area contributed by atoms with Crippen LogP contribution < -0.4 is 9.62 Å². The third-order valence-corrected chi connectivity index (χ3v) is 8.24. The molecule has 0 unspecified atom stereocenters. The first kappa shape index (κ1) is 29.2. The molecule has 3 rings (SSSR count). The van der Waals surface area contributed by atoms with Gasteiger partial charge in [0.05, 0.1) is 10.6 Å². The molecule has 0 spiro atoms. The fourth-order valence-corrected chi connectivity index (χ4v) is 5.41. The summed E-state index contributed by atoms with van der Waals surface area (Å²) < 4.78 is 28.6. The molecule has 1 N–H and O–H groups in total. The second-order valence-corrected chi connectivity index (χ2v) is 11.4. The van der Waals surface area contributed by atoms with E-state index in [0.717, 1.165) is 28.3 Å². The van der Waals surface area contributed by atoms with E-state index in [0.29, 0.717) is 17.3 Å². The summed E-state index contributed by atoms with van der Waals surface area (Å²) in [7, 11) is -4.11. The van der Waals surface area contributed by atoms with E-state index in [2.05, 4.69) is 5.32 Å². The van der Waals surface area contributed by atoms with Crippen LogP contribution >= 0.6 is 11.6 Å². The summed E-state index contributed by atoms with van der Waals surface area (Å²) >= 11 is 6.05. The maximum atomic E-state index is 13.8. The van der Waals surface area contributed by atoms with Gasteiger partial charge in [0.25, 0.3) is 10.0 Å². The van der Waals surface area contributed by atoms with Crippen LogP contribution in [0, 0.1) is 6.92 Å². The second kappa shape index (κ2) is 13.4. The smallest absolute Gasteiger partial charge is 0.264 e. The number of benzene rings is 3. The Morgan fingerprint density at radius 3 is 2.18 bits per heavy atom. The number of unbranched alkanes of at least 4 members (excludes halogenated alkanes) is 1. The van der Waals surface area contributed by atoms with Crippen LogP contribution in [0.15, 0.2) is 83.8 Å². The quantitative estimate of drug-likeness (QED) is 0.312. The molecule has 202 valence electrons. The van der Waals surface area contributed by atoms with E-state index in [4.69, 9.17) is 11.6 Å². The molecule has 0 aromatic heterocycles. The number of hydrogen-bond acceptors (Lipinski definition) is 4. The van der Waals surface area contributed by atoms with Gasteiger partial charge in [-0.25, -0.2) is 8.42 Å². The van der Waals surface area contributed by atoms with Gasteiger partial charge < -0.3 is 10.2 Å². The SMILES string of the molecule is CCCCNC(=O)[C@@H](C)N(Cc1ccccc1)C(=O)CN(c1ccc(Cl)cc1)S(=O)(=O)c1ccc(C)cc1. The van der Waals surface area contributed by atoms with E-state index in [-0.39, 0.29) is 17.3 Å². The normalized spacial score (nSPS) is 12.0. The molecule has 38 heavy (non-hydrogen) atoms. The van der Waals surface area contributed by atoms with Crippen LogP contribution in [0.4, 0.5) is 5.69 Å². The first-order chi connectivity index (χ1) is 18.1. The van der Waals surface area contributed by atoms with Crippen molar-refractivity contribution in [3.05, 3.63) is 95.0 Å². The largest absolute Gasteiger partial charge is 0.354 e. The Hall–Kier alpha value is -3.36. The molecule has 2 amide bonds. The van der Waals surface area contributed by atoms with Gasteiger partial charge >= 0.3 is 0 Å². The number of aryl methyl sites for hydroxylation is 1. The van der Waals surface area contributed by atoms with Crippen molar-refractivity contribution in [2.75, 3.05) is 17.4 Å². The third kappa shape index (κ3) is 7.58. The third-order valence-electron chi connectivity index (χ3n) is 6.20. The van der Waals surface area contributed by atoms with Crippen LogP contribution in [-0.2, 0) is 26.2 Å². The minimum Gasteiger partial charge on any atom is -0.354 e. The van der Waals surface area contributed by atoms with Gasteiger partial charge in [0, 0.05) is 18.1 Å². The maximum absolute atomic E-state index is 13.8. The summed E-state index contributed by atoms with van der Waals surface area (Å²) in [6.45, 7) is 5.72. The van der Waals surface area contributed by atoms with Gasteiger partial charge in [-0.3, -0.25) is 13.9 Å². The van der Waals surface area contributed by atoms with Crippen LogP contribution in [0.25, 0.3) is 0 Å². The van der Waals surface area contributed by atoms with E-state index in [1.54, 1.807) is 43.3 Å². The summed E-state index contributed by atoms with van der Waals surface area (Å²) in [6.07, 6.45) is 1.75. The summed E-state index contributed by atoms with van der Waals surface area (Å²) in [6, 6.07) is 21.2. The van der Waals surface area contributed by atoms with Crippen molar-refractivity contribution in [2.24, 2.45) is 0 Å². The van der Waals surface area contributed by atoms with E-state index in [1.165, 1.54) is 17.0 Å². The molecule has 0 aliphatic heterocycles. The van der Waals surface area contributed by atoms with E-state index < -0.39 is 28.5 Å². The maximum Gasteiger partial charge on any atom is 0.264 e. The van der Waals surface area contributed by atoms with Gasteiger partial charge in [-0.15, -0.1) is 0 Å². The number of nitrogens with one attached hydrogen (secondary N) is 1. The highest BCUT2D eigenvalue weighted by molar-refractivity contribution is 7.92. The number of sulfonamides is 1. The molecule has 3 aromatic carbocycles. The van der Waals surface area contributed by atoms with E-state index >= 15 is 0 Å². The molecule has 1 atom stereocenters. The van der Waals surface area contributed by atoms with Crippen LogP contribution in [0.1, 0.15) is 37.8 Å². The van der Waals surface area contributed by atoms with Crippen molar-refractivity contribution in [1.82, 2.24) is 10.2 Å². The first-order valence-electron chi connectivity index (χ1n) is 12.6.